The summed E-state index contributed by atoms with van der Waals surface area (Å²) in [5, 5.41) is 32.7. The van der Waals surface area contributed by atoms with E-state index in [1.165, 1.54) is 74.4 Å². The van der Waals surface area contributed by atoms with Gasteiger partial charge in [-0.3, -0.25) is 19.7 Å². The van der Waals surface area contributed by atoms with Gasteiger partial charge >= 0.3 is 11.9 Å². The number of rotatable bonds is 15. The molecule has 26 nitrogen and oxygen atoms in total. The first kappa shape index (κ1) is 109. The summed E-state index contributed by atoms with van der Waals surface area (Å²) in [6, 6.07) is 17.0. The number of methoxy groups -OCH3 is 1. The molecule has 13 heterocycles. The van der Waals surface area contributed by atoms with Crippen molar-refractivity contribution in [3.63, 3.8) is 0 Å². The van der Waals surface area contributed by atoms with E-state index < -0.39 is 5.97 Å². The Morgan fingerprint density at radius 2 is 1.12 bits per heavy atom. The third kappa shape index (κ3) is 48.6. The summed E-state index contributed by atoms with van der Waals surface area (Å²) < 4.78 is 33.9. The third-order valence-electron chi connectivity index (χ3n) is 15.4. The van der Waals surface area contributed by atoms with Crippen LogP contribution in [-0.2, 0) is 22.2 Å². The number of carboxylic acid groups (broad SMARTS) is 1. The normalized spacial score (nSPS) is 10.5. The number of carbonyl (C=O) groups is 2. The first-order valence-corrected chi connectivity index (χ1v) is 43.5. The quantitative estimate of drug-likeness (QED) is 0.0802. The Bertz CT molecular complexity index is 4340. The van der Waals surface area contributed by atoms with Crippen LogP contribution in [0.1, 0.15) is 342 Å². The van der Waals surface area contributed by atoms with Crippen LogP contribution < -0.4 is 10.3 Å². The molecule has 0 atom stereocenters. The van der Waals surface area contributed by atoms with Crippen molar-refractivity contribution >= 4 is 57.3 Å². The summed E-state index contributed by atoms with van der Waals surface area (Å²) in [6.45, 7) is 58.4. The minimum absolute atomic E-state index is 0.00455. The highest BCUT2D eigenvalue weighted by Gasteiger charge is 2.22. The number of carboxylic acids is 1. The average molecular weight is 1740 g/mol. The number of hydrogen-bond acceptors (Lipinski definition) is 28. The van der Waals surface area contributed by atoms with Gasteiger partial charge in [0.05, 0.1) is 93.9 Å². The monoisotopic (exact) mass is 1740 g/mol. The number of aliphatic hydroxyl groups excluding tert-OH is 1. The highest BCUT2D eigenvalue weighted by molar-refractivity contribution is 7.14. The number of aliphatic hydroxyl groups is 1. The summed E-state index contributed by atoms with van der Waals surface area (Å²) in [7, 11) is 1.62. The summed E-state index contributed by atoms with van der Waals surface area (Å²) >= 11 is 5.89. The van der Waals surface area contributed by atoms with Crippen LogP contribution in [0.15, 0.2) is 199 Å². The fourth-order valence-corrected chi connectivity index (χ4v) is 11.2. The molecule has 121 heavy (non-hydrogen) atoms. The van der Waals surface area contributed by atoms with E-state index in [1.54, 1.807) is 106 Å². The van der Waals surface area contributed by atoms with Crippen molar-refractivity contribution in [1.82, 2.24) is 70.3 Å². The van der Waals surface area contributed by atoms with Gasteiger partial charge in [-0.05, 0) is 78.3 Å². The van der Waals surface area contributed by atoms with Crippen LogP contribution >= 0.6 is 45.3 Å². The minimum Gasteiger partial charge on any atom is -0.481 e. The Morgan fingerprint density at radius 1 is 0.521 bits per heavy atom. The molecular weight excluding hydrogens is 1610 g/mol. The zero-order valence-corrected chi connectivity index (χ0v) is 79.5. The van der Waals surface area contributed by atoms with Gasteiger partial charge in [-0.15, -0.1) is 45.3 Å². The van der Waals surface area contributed by atoms with E-state index in [0.717, 1.165) is 48.6 Å². The Balaban J connectivity index is 0.000000658. The van der Waals surface area contributed by atoms with Crippen molar-refractivity contribution in [2.75, 3.05) is 13.7 Å². The van der Waals surface area contributed by atoms with E-state index in [2.05, 4.69) is 226 Å². The average Bonchev–Trinajstić information content (AvgIpc) is 1.74. The number of aromatic amines is 1. The fraction of sp³-hybridized carbons (Fsp3) is 0.473. The summed E-state index contributed by atoms with van der Waals surface area (Å²) in [6.07, 6.45) is 30.8. The smallest absolute Gasteiger partial charge is 0.349 e. The van der Waals surface area contributed by atoms with Gasteiger partial charge in [0.25, 0.3) is 5.56 Å². The van der Waals surface area contributed by atoms with E-state index in [0.29, 0.717) is 81.3 Å². The molecule has 0 bridgehead atoms. The molecule has 13 aromatic rings. The van der Waals surface area contributed by atoms with Gasteiger partial charge in [-0.1, -0.05) is 202 Å². The molecule has 0 spiro atoms. The molecule has 0 fully saturated rings. The Kier molecular flexibility index (Phi) is 54.0. The number of hydrogen-bond donors (Lipinski definition) is 3. The zero-order chi connectivity index (χ0) is 91.2. The van der Waals surface area contributed by atoms with Gasteiger partial charge in [0.1, 0.15) is 39.1 Å². The summed E-state index contributed by atoms with van der Waals surface area (Å²) in [4.78, 5) is 78.5. The number of thiazole rings is 4. The van der Waals surface area contributed by atoms with Gasteiger partial charge in [0, 0.05) is 132 Å². The lowest BCUT2D eigenvalue weighted by Gasteiger charge is -2.13. The largest absolute Gasteiger partial charge is 0.481 e. The standard InChI is InChI=1S/C10H15NO2S.C9H13NO.C8H11NO2S.C8H11N.2C7H10N2.C7H10O.C6H9NO2.3C6H9NO.C6H9NS.C5H7NOS/c1-5-13-8(12)7-6-11-9(14-7)10(2,3)4;1-7(2)8-4-5-9(11-3)10-6-8;1-8(2,3)7-9-4-5(12-7)6(10)11;1-7(2)8-4-3-5-9-6-8;1-6(2)7-5-8-3-4-9-7;1-6(2)7-8-4-3-5-9-7;1-6(2)7-3-4-8-5-7;1-4(2)5-3-6(8)7-9-5;1-5(2)6-3-7-4-8-6;1-5(2)6-3-4-8-7-6;1-5(2)6-3-4-7-8-6;1-5(2)6-7-3-4-8-6;1-4-6-2-5(3-7)8-4/h6H,5H2,1-4H3;4-7H,1-3H3;4H,1-3H3,(H,10,11);3-7H,1-2H3;2*3-6H,1-2H3;3-6H,1-2H3;3-4H,1-2H3,(H,7,8);4*3-5H,1-2H3;2,7H,3H2,1H3. The third-order valence-corrected chi connectivity index (χ3v) is 20.2. The second-order valence-electron chi connectivity index (χ2n) is 31.6. The number of nitrogens with one attached hydrogen (secondary N) is 1. The molecule has 0 aromatic carbocycles. The number of aryl methyl sites for hydroxylation is 1. The van der Waals surface area contributed by atoms with Crippen molar-refractivity contribution in [2.45, 2.75) is 270 Å². The van der Waals surface area contributed by atoms with Gasteiger partial charge in [0.15, 0.2) is 6.39 Å². The number of carbonyl (C=O) groups excluding carboxylic acids is 1. The Labute approximate surface area is 732 Å². The highest BCUT2D eigenvalue weighted by atomic mass is 32.1. The van der Waals surface area contributed by atoms with Crippen LogP contribution in [0.25, 0.3) is 0 Å². The number of pyridine rings is 2. The van der Waals surface area contributed by atoms with Gasteiger partial charge in [-0.25, -0.2) is 49.5 Å². The van der Waals surface area contributed by atoms with Crippen LogP contribution in [0, 0.1) is 6.92 Å². The van der Waals surface area contributed by atoms with E-state index in [-0.39, 0.29) is 34.9 Å². The molecule has 13 rings (SSSR count). The molecule has 30 heteroatoms. The van der Waals surface area contributed by atoms with Crippen LogP contribution in [0.3, 0.4) is 0 Å². The van der Waals surface area contributed by atoms with Crippen molar-refractivity contribution in [1.29, 1.82) is 0 Å². The van der Waals surface area contributed by atoms with Gasteiger partial charge < -0.3 is 42.1 Å². The molecule has 0 aliphatic carbocycles. The lowest BCUT2D eigenvalue weighted by Crippen LogP contribution is -2.09. The van der Waals surface area contributed by atoms with E-state index >= 15 is 0 Å². The first-order valence-electron chi connectivity index (χ1n) is 40.1. The SMILES string of the molecule is CC(C)(C)c1ncc(C(=O)O)s1.CC(C)c1cc(=O)[nH]o1.CC(C)c1cccnc1.CC(C)c1ccno1.CC(C)c1ccoc1.CC(C)c1ccon1.CC(C)c1cnccn1.CC(C)c1cnco1.CC(C)c1ncccn1.CC(C)c1nccs1.CCOC(=O)c1cnc(C(C)(C)C)s1.COc1ccc(C(C)C)cn1.Cc1ncc(CO)s1. The molecule has 0 amide bonds. The predicted octanol–water partition coefficient (Wildman–Crippen LogP) is 24.5. The number of oxazole rings is 1. The number of furan rings is 1. The molecule has 0 saturated carbocycles. The molecule has 0 aliphatic heterocycles. The number of nitrogens with zero attached hydrogens (tertiary/aromatic N) is 13. The molecule has 0 unspecified atom stereocenters. The molecule has 0 radical (unpaired) electrons. The first-order chi connectivity index (χ1) is 57.1. The zero-order valence-electron chi connectivity index (χ0n) is 76.3. The van der Waals surface area contributed by atoms with Crippen LogP contribution in [0.4, 0.5) is 0 Å². The van der Waals surface area contributed by atoms with Gasteiger partial charge in [0.2, 0.25) is 5.88 Å². The fourth-order valence-electron chi connectivity index (χ4n) is 8.16. The van der Waals surface area contributed by atoms with Crippen LogP contribution in [0.2, 0.25) is 0 Å². The molecular formula is C91H132N14O12S4. The lowest BCUT2D eigenvalue weighted by atomic mass is 9.98. The van der Waals surface area contributed by atoms with Crippen LogP contribution in [-0.4, -0.2) is 106 Å². The number of ether oxygens (including phenoxy) is 2. The number of H-pyrrole nitrogens is 1. The summed E-state index contributed by atoms with van der Waals surface area (Å²) in [5.74, 6) is 7.93. The van der Waals surface area contributed by atoms with E-state index in [1.807, 2.05) is 108 Å². The molecule has 13 aromatic heterocycles. The number of aromatic carboxylic acids is 1. The van der Waals surface area contributed by atoms with Crippen molar-refractivity contribution < 1.29 is 51.7 Å². The minimum atomic E-state index is -0.900. The molecule has 0 aliphatic rings. The Morgan fingerprint density at radius 3 is 1.41 bits per heavy atom. The van der Waals surface area contributed by atoms with E-state index in [4.69, 9.17) is 37.6 Å². The summed E-state index contributed by atoms with van der Waals surface area (Å²) in [5.41, 5.74) is 5.66. The number of esters is 1. The second kappa shape index (κ2) is 60.1. The highest BCUT2D eigenvalue weighted by Crippen LogP contribution is 2.29. The second-order valence-corrected chi connectivity index (χ2v) is 35.9. The van der Waals surface area contributed by atoms with Crippen molar-refractivity contribution in [3.05, 3.63) is 268 Å². The molecule has 662 valence electrons. The maximum Gasteiger partial charge on any atom is 0.349 e. The lowest BCUT2D eigenvalue weighted by molar-refractivity contribution is 0.0531. The van der Waals surface area contributed by atoms with Crippen molar-refractivity contribution in [2.24, 2.45) is 0 Å². The topological polar surface area (TPSA) is 359 Å². The van der Waals surface area contributed by atoms with Gasteiger partial charge in [-0.2, -0.15) is 5.16 Å². The molecule has 3 N–H and O–H groups in total. The maximum absolute atomic E-state index is 11.3. The maximum atomic E-state index is 11.3. The van der Waals surface area contributed by atoms with Crippen molar-refractivity contribution in [3.8, 4) is 5.88 Å². The molecule has 0 saturated heterocycles. The van der Waals surface area contributed by atoms with Crippen LogP contribution in [0.5, 0.6) is 5.88 Å². The predicted molar refractivity (Wildman–Crippen MR) is 487 cm³/mol. The number of aromatic nitrogens is 14. The van der Waals surface area contributed by atoms with E-state index in [9.17, 15) is 14.4 Å². The Hall–Kier alpha value is -10.4.